The minimum absolute atomic E-state index is 0.331. The first kappa shape index (κ1) is 17.5. The Hall–Kier alpha value is -1.90. The van der Waals surface area contributed by atoms with Crippen molar-refractivity contribution in [1.29, 1.82) is 0 Å². The van der Waals surface area contributed by atoms with Gasteiger partial charge in [-0.3, -0.25) is 4.98 Å². The largest absolute Gasteiger partial charge is 0.478 e. The van der Waals surface area contributed by atoms with Gasteiger partial charge >= 0.3 is 5.97 Å². The van der Waals surface area contributed by atoms with Gasteiger partial charge in [0.2, 0.25) is 0 Å². The number of aliphatic carboxylic acids is 1. The Morgan fingerprint density at radius 1 is 1.12 bits per heavy atom. The molecule has 17 heavy (non-hydrogen) atoms. The minimum atomic E-state index is -0.879. The molecule has 0 unspecified atom stereocenters. The molecule has 94 valence electrons. The van der Waals surface area contributed by atoms with Crippen LogP contribution in [0.1, 0.15) is 27.7 Å². The molecule has 0 atom stereocenters. The van der Waals surface area contributed by atoms with Gasteiger partial charge < -0.3 is 5.11 Å². The van der Waals surface area contributed by atoms with Crippen LogP contribution in [0.15, 0.2) is 54.4 Å². The number of aromatic nitrogens is 1. The Labute approximate surface area is 104 Å². The topological polar surface area (TPSA) is 50.2 Å². The number of allylic oxidation sites excluding steroid dienone is 2. The lowest BCUT2D eigenvalue weighted by atomic mass is 10.2. The maximum absolute atomic E-state index is 10.2. The van der Waals surface area contributed by atoms with Gasteiger partial charge in [0.25, 0.3) is 0 Å². The van der Waals surface area contributed by atoms with Crippen molar-refractivity contribution in [2.75, 3.05) is 0 Å². The molecule has 0 aromatic carbocycles. The number of carboxylic acids is 1. The van der Waals surface area contributed by atoms with E-state index in [0.29, 0.717) is 5.57 Å². The van der Waals surface area contributed by atoms with Gasteiger partial charge in [-0.15, -0.1) is 0 Å². The van der Waals surface area contributed by atoms with E-state index >= 15 is 0 Å². The zero-order chi connectivity index (χ0) is 13.5. The van der Waals surface area contributed by atoms with E-state index in [0.717, 1.165) is 0 Å². The lowest BCUT2D eigenvalue weighted by molar-refractivity contribution is -0.132. The predicted octanol–water partition coefficient (Wildman–Crippen LogP) is 3.70. The molecule has 0 aliphatic rings. The van der Waals surface area contributed by atoms with Gasteiger partial charge in [-0.05, 0) is 26.0 Å². The number of rotatable bonds is 2. The van der Waals surface area contributed by atoms with Crippen LogP contribution < -0.4 is 0 Å². The van der Waals surface area contributed by atoms with Crippen LogP contribution in [0.2, 0.25) is 0 Å². The maximum Gasteiger partial charge on any atom is 0.335 e. The molecule has 0 aliphatic carbocycles. The number of carbonyl (C=O) groups is 1. The highest BCUT2D eigenvalue weighted by Crippen LogP contribution is 1.94. The van der Waals surface area contributed by atoms with E-state index in [1.165, 1.54) is 0 Å². The summed E-state index contributed by atoms with van der Waals surface area (Å²) in [5, 5.41) is 8.38. The van der Waals surface area contributed by atoms with Crippen LogP contribution in [-0.4, -0.2) is 16.1 Å². The molecule has 1 rings (SSSR count). The molecule has 0 fully saturated rings. The molecular formula is C14H21NO2. The third-order valence-corrected chi connectivity index (χ3v) is 1.47. The van der Waals surface area contributed by atoms with E-state index in [-0.39, 0.29) is 0 Å². The molecule has 0 spiro atoms. The lowest BCUT2D eigenvalue weighted by Crippen LogP contribution is -1.95. The summed E-state index contributed by atoms with van der Waals surface area (Å²) in [5.74, 6) is -0.879. The summed E-state index contributed by atoms with van der Waals surface area (Å²) in [7, 11) is 0. The van der Waals surface area contributed by atoms with Gasteiger partial charge in [-0.25, -0.2) is 4.79 Å². The fourth-order valence-electron chi connectivity index (χ4n) is 0.783. The highest BCUT2D eigenvalue weighted by molar-refractivity contribution is 5.89. The number of carboxylic acid groups (broad SMARTS) is 1. The van der Waals surface area contributed by atoms with Gasteiger partial charge in [-0.1, -0.05) is 38.1 Å². The Morgan fingerprint density at radius 3 is 1.76 bits per heavy atom. The molecule has 1 aromatic heterocycles. The molecular weight excluding hydrogens is 214 g/mol. The van der Waals surface area contributed by atoms with Crippen LogP contribution in [0.3, 0.4) is 0 Å². The molecule has 3 heteroatoms. The monoisotopic (exact) mass is 235 g/mol. The second-order valence-electron chi connectivity index (χ2n) is 2.57. The molecule has 3 nitrogen and oxygen atoms in total. The van der Waals surface area contributed by atoms with Crippen LogP contribution in [0.5, 0.6) is 0 Å². The van der Waals surface area contributed by atoms with Gasteiger partial charge in [0, 0.05) is 12.4 Å². The van der Waals surface area contributed by atoms with E-state index < -0.39 is 5.97 Å². The normalized spacial score (nSPS) is 9.76. The molecule has 0 saturated heterocycles. The zero-order valence-electron chi connectivity index (χ0n) is 10.9. The Bertz CT molecular complexity index is 303. The first-order valence-electron chi connectivity index (χ1n) is 5.59. The SMILES string of the molecule is C/C=C\C(=C/C)C(=O)O.CC.c1ccncc1. The fourth-order valence-corrected chi connectivity index (χ4v) is 0.783. The number of nitrogens with zero attached hydrogens (tertiary/aromatic N) is 1. The number of pyridine rings is 1. The third-order valence-electron chi connectivity index (χ3n) is 1.47. The van der Waals surface area contributed by atoms with Crippen LogP contribution >= 0.6 is 0 Å². The molecule has 0 bridgehead atoms. The van der Waals surface area contributed by atoms with Crippen LogP contribution in [0, 0.1) is 0 Å². The molecule has 1 heterocycles. The van der Waals surface area contributed by atoms with Crippen molar-refractivity contribution in [3.8, 4) is 0 Å². The van der Waals surface area contributed by atoms with E-state index in [1.54, 1.807) is 44.5 Å². The average molecular weight is 235 g/mol. The molecule has 1 N–H and O–H groups in total. The summed E-state index contributed by atoms with van der Waals surface area (Å²) in [5.41, 5.74) is 0.331. The van der Waals surface area contributed by atoms with Crippen molar-refractivity contribution in [2.45, 2.75) is 27.7 Å². The summed E-state index contributed by atoms with van der Waals surface area (Å²) in [6.07, 6.45) is 8.31. The number of hydrogen-bond acceptors (Lipinski definition) is 2. The fraction of sp³-hybridized carbons (Fsp3) is 0.286. The van der Waals surface area contributed by atoms with E-state index in [4.69, 9.17) is 5.11 Å². The third kappa shape index (κ3) is 12.0. The van der Waals surface area contributed by atoms with Crippen LogP contribution in [0.4, 0.5) is 0 Å². The molecule has 1 aromatic rings. The van der Waals surface area contributed by atoms with E-state index in [9.17, 15) is 4.79 Å². The second kappa shape index (κ2) is 14.1. The Kier molecular flexibility index (Phi) is 14.5. The highest BCUT2D eigenvalue weighted by atomic mass is 16.4. The first-order valence-corrected chi connectivity index (χ1v) is 5.59. The van der Waals surface area contributed by atoms with Crippen LogP contribution in [-0.2, 0) is 4.79 Å². The summed E-state index contributed by atoms with van der Waals surface area (Å²) in [4.78, 5) is 14.0. The molecule has 0 saturated carbocycles. The van der Waals surface area contributed by atoms with Gasteiger partial charge in [0.1, 0.15) is 0 Å². The van der Waals surface area contributed by atoms with Crippen molar-refractivity contribution in [2.24, 2.45) is 0 Å². The Morgan fingerprint density at radius 2 is 1.65 bits per heavy atom. The molecule has 0 aliphatic heterocycles. The zero-order valence-corrected chi connectivity index (χ0v) is 10.9. The predicted molar refractivity (Wildman–Crippen MR) is 71.8 cm³/mol. The molecule has 0 radical (unpaired) electrons. The first-order chi connectivity index (χ1) is 8.22. The number of hydrogen-bond donors (Lipinski definition) is 1. The summed E-state index contributed by atoms with van der Waals surface area (Å²) in [6, 6.07) is 5.72. The maximum atomic E-state index is 10.2. The Balaban J connectivity index is 0. The van der Waals surface area contributed by atoms with Crippen LogP contribution in [0.25, 0.3) is 0 Å². The van der Waals surface area contributed by atoms with Gasteiger partial charge in [0.15, 0.2) is 0 Å². The lowest BCUT2D eigenvalue weighted by Gasteiger charge is -1.88. The van der Waals surface area contributed by atoms with Gasteiger partial charge in [-0.2, -0.15) is 0 Å². The standard InChI is InChI=1S/C7H10O2.C5H5N.C2H6/c1-3-5-6(4-2)7(8)9;1-2-4-6-5-3-1;1-2/h3-5H,1-2H3,(H,8,9);1-5H;1-2H3/b5-3-,6-4+;;. The average Bonchev–Trinajstić information content (AvgIpc) is 2.40. The van der Waals surface area contributed by atoms with Crippen molar-refractivity contribution in [3.05, 3.63) is 54.4 Å². The summed E-state index contributed by atoms with van der Waals surface area (Å²) < 4.78 is 0. The molecule has 0 amide bonds. The van der Waals surface area contributed by atoms with Gasteiger partial charge in [0.05, 0.1) is 5.57 Å². The second-order valence-corrected chi connectivity index (χ2v) is 2.57. The smallest absolute Gasteiger partial charge is 0.335 e. The minimum Gasteiger partial charge on any atom is -0.478 e. The van der Waals surface area contributed by atoms with Crippen molar-refractivity contribution < 1.29 is 9.90 Å². The summed E-state index contributed by atoms with van der Waals surface area (Å²) in [6.45, 7) is 7.48. The van der Waals surface area contributed by atoms with E-state index in [1.807, 2.05) is 32.0 Å². The summed E-state index contributed by atoms with van der Waals surface area (Å²) >= 11 is 0. The van der Waals surface area contributed by atoms with Crippen molar-refractivity contribution >= 4 is 5.97 Å². The quantitative estimate of drug-likeness (QED) is 0.628. The van der Waals surface area contributed by atoms with Crippen molar-refractivity contribution in [3.63, 3.8) is 0 Å². The highest BCUT2D eigenvalue weighted by Gasteiger charge is 1.97. The van der Waals surface area contributed by atoms with E-state index in [2.05, 4.69) is 4.98 Å². The van der Waals surface area contributed by atoms with Crippen molar-refractivity contribution in [1.82, 2.24) is 4.98 Å².